The van der Waals surface area contributed by atoms with Gasteiger partial charge in [0.25, 0.3) is 0 Å². The van der Waals surface area contributed by atoms with Crippen LogP contribution in [0.5, 0.6) is 0 Å². The summed E-state index contributed by atoms with van der Waals surface area (Å²) in [6.07, 6.45) is -4.30. The van der Waals surface area contributed by atoms with E-state index in [1.807, 2.05) is 6.07 Å². The molecule has 0 spiro atoms. The van der Waals surface area contributed by atoms with Gasteiger partial charge in [0, 0.05) is 12.6 Å². The second-order valence-corrected chi connectivity index (χ2v) is 5.49. The van der Waals surface area contributed by atoms with Crippen LogP contribution in [-0.4, -0.2) is 75.7 Å². The van der Waals surface area contributed by atoms with Crippen molar-refractivity contribution >= 4 is 11.9 Å². The zero-order valence-electron chi connectivity index (χ0n) is 13.6. The molecule has 0 radical (unpaired) electrons. The Morgan fingerprint density at radius 2 is 1.62 bits per heavy atom. The Kier molecular flexibility index (Phi) is 7.80. The number of hydrogen-bond acceptors (Lipinski definition) is 6. The fraction of sp³-hybridized carbons (Fsp3) is 0.500. The maximum absolute atomic E-state index is 9.77. The maximum atomic E-state index is 9.77. The van der Waals surface area contributed by atoms with Crippen LogP contribution < -0.4 is 0 Å². The van der Waals surface area contributed by atoms with E-state index in [0.717, 1.165) is 13.2 Å². The van der Waals surface area contributed by atoms with Gasteiger partial charge >= 0.3 is 11.9 Å². The quantitative estimate of drug-likeness (QED) is 0.600. The number of benzene rings is 1. The molecule has 8 heteroatoms. The number of morpholine rings is 1. The summed E-state index contributed by atoms with van der Waals surface area (Å²) in [6.45, 7) is 4.09. The highest BCUT2D eigenvalue weighted by Gasteiger charge is 2.29. The molecule has 4 atom stereocenters. The van der Waals surface area contributed by atoms with Crippen molar-refractivity contribution in [3.63, 3.8) is 0 Å². The zero-order chi connectivity index (χ0) is 18.3. The number of aliphatic hydroxyl groups excluding tert-OH is 2. The minimum Gasteiger partial charge on any atom is -0.479 e. The van der Waals surface area contributed by atoms with E-state index in [-0.39, 0.29) is 6.10 Å². The van der Waals surface area contributed by atoms with Gasteiger partial charge in [-0.2, -0.15) is 0 Å². The lowest BCUT2D eigenvalue weighted by Crippen LogP contribution is -2.42. The number of likely N-dealkylation sites (N-methyl/N-ethyl adjacent to an activating group) is 1. The first-order valence-electron chi connectivity index (χ1n) is 7.44. The molecule has 8 nitrogen and oxygen atoms in total. The van der Waals surface area contributed by atoms with Crippen molar-refractivity contribution in [3.8, 4) is 0 Å². The number of carbonyl (C=O) groups is 2. The van der Waals surface area contributed by atoms with Crippen LogP contribution in [0.3, 0.4) is 0 Å². The third kappa shape index (κ3) is 5.57. The smallest absolute Gasteiger partial charge is 0.335 e. The number of carboxylic acid groups (broad SMARTS) is 2. The van der Waals surface area contributed by atoms with Gasteiger partial charge in [0.15, 0.2) is 12.2 Å². The van der Waals surface area contributed by atoms with Crippen LogP contribution in [0.4, 0.5) is 0 Å². The van der Waals surface area contributed by atoms with Crippen LogP contribution in [0, 0.1) is 0 Å². The Morgan fingerprint density at radius 3 is 2.08 bits per heavy atom. The Bertz CT molecular complexity index is 518. The molecule has 0 bridgehead atoms. The van der Waals surface area contributed by atoms with Gasteiger partial charge in [-0.15, -0.1) is 0 Å². The second-order valence-electron chi connectivity index (χ2n) is 5.49. The van der Waals surface area contributed by atoms with Gasteiger partial charge in [-0.05, 0) is 19.5 Å². The number of carboxylic acids is 2. The van der Waals surface area contributed by atoms with Crippen molar-refractivity contribution in [1.82, 2.24) is 4.90 Å². The molecule has 134 valence electrons. The predicted molar refractivity (Wildman–Crippen MR) is 84.5 cm³/mol. The van der Waals surface area contributed by atoms with Gasteiger partial charge in [0.05, 0.1) is 12.7 Å². The molecule has 1 aromatic carbocycles. The molecule has 2 unspecified atom stereocenters. The van der Waals surface area contributed by atoms with Crippen molar-refractivity contribution in [2.45, 2.75) is 31.3 Å². The largest absolute Gasteiger partial charge is 0.479 e. The lowest BCUT2D eigenvalue weighted by Gasteiger charge is -2.37. The Balaban J connectivity index is 0.000000257. The molecule has 1 saturated heterocycles. The Hall–Kier alpha value is -2.00. The number of aliphatic carboxylic acids is 2. The minimum atomic E-state index is -2.27. The van der Waals surface area contributed by atoms with Gasteiger partial charge in [-0.1, -0.05) is 30.3 Å². The third-order valence-electron chi connectivity index (χ3n) is 3.81. The molecule has 0 saturated carbocycles. The van der Waals surface area contributed by atoms with E-state index in [4.69, 9.17) is 25.2 Å². The molecular weight excluding hydrogens is 318 g/mol. The Labute approximate surface area is 139 Å². The van der Waals surface area contributed by atoms with Crippen LogP contribution in [-0.2, 0) is 14.3 Å². The van der Waals surface area contributed by atoms with E-state index in [2.05, 4.69) is 43.1 Å². The van der Waals surface area contributed by atoms with E-state index < -0.39 is 24.1 Å². The van der Waals surface area contributed by atoms with Crippen LogP contribution in [0.1, 0.15) is 18.6 Å². The van der Waals surface area contributed by atoms with Gasteiger partial charge in [0.1, 0.15) is 0 Å². The van der Waals surface area contributed by atoms with Crippen LogP contribution in [0.2, 0.25) is 0 Å². The summed E-state index contributed by atoms with van der Waals surface area (Å²) >= 11 is 0. The number of nitrogens with zero attached hydrogens (tertiary/aromatic N) is 1. The topological polar surface area (TPSA) is 128 Å². The molecule has 0 aliphatic carbocycles. The summed E-state index contributed by atoms with van der Waals surface area (Å²) in [5, 5.41) is 32.5. The molecule has 1 aromatic rings. The van der Waals surface area contributed by atoms with E-state index in [1.54, 1.807) is 0 Å². The van der Waals surface area contributed by atoms with Crippen molar-refractivity contribution in [1.29, 1.82) is 0 Å². The molecule has 1 aliphatic heterocycles. The van der Waals surface area contributed by atoms with Crippen molar-refractivity contribution < 1.29 is 34.8 Å². The van der Waals surface area contributed by atoms with Crippen molar-refractivity contribution in [3.05, 3.63) is 35.9 Å². The lowest BCUT2D eigenvalue weighted by atomic mass is 10.0. The predicted octanol–water partition coefficient (Wildman–Crippen LogP) is -0.0444. The first-order valence-corrected chi connectivity index (χ1v) is 7.44. The highest BCUT2D eigenvalue weighted by molar-refractivity contribution is 5.83. The van der Waals surface area contributed by atoms with Crippen LogP contribution >= 0.6 is 0 Å². The summed E-state index contributed by atoms with van der Waals surface area (Å²) in [5.74, 6) is -3.54. The van der Waals surface area contributed by atoms with E-state index in [0.29, 0.717) is 6.04 Å². The number of ether oxygens (including phenoxy) is 1. The molecule has 4 N–H and O–H groups in total. The fourth-order valence-electron chi connectivity index (χ4n) is 2.19. The highest BCUT2D eigenvalue weighted by Crippen LogP contribution is 2.26. The SMILES string of the molecule is CC1C(c2ccccc2)OCCN1C.O=C(O)[C@H](O)[C@@H](O)C(=O)O. The highest BCUT2D eigenvalue weighted by atomic mass is 16.5. The van der Waals surface area contributed by atoms with Crippen molar-refractivity contribution in [2.24, 2.45) is 0 Å². The average Bonchev–Trinajstić information content (AvgIpc) is 2.57. The maximum Gasteiger partial charge on any atom is 0.335 e. The van der Waals surface area contributed by atoms with E-state index >= 15 is 0 Å². The normalized spacial score (nSPS) is 23.5. The first-order chi connectivity index (χ1) is 11.3. The number of rotatable bonds is 4. The Morgan fingerprint density at radius 1 is 1.12 bits per heavy atom. The summed E-state index contributed by atoms with van der Waals surface area (Å²) in [5.41, 5.74) is 1.28. The van der Waals surface area contributed by atoms with Crippen LogP contribution in [0.15, 0.2) is 30.3 Å². The van der Waals surface area contributed by atoms with Gasteiger partial charge in [-0.3, -0.25) is 4.90 Å². The standard InChI is InChI=1S/C12H17NO.C4H6O6/c1-10-12(14-9-8-13(10)2)11-6-4-3-5-7-11;5-1(3(7)8)2(6)4(9)10/h3-7,10,12H,8-9H2,1-2H3;1-2,5-6H,(H,7,8)(H,9,10)/t;1-,2-/m.1/s1. The van der Waals surface area contributed by atoms with Gasteiger partial charge in [0.2, 0.25) is 0 Å². The molecule has 1 heterocycles. The monoisotopic (exact) mass is 341 g/mol. The summed E-state index contributed by atoms with van der Waals surface area (Å²) in [7, 11) is 2.16. The number of hydrogen-bond donors (Lipinski definition) is 4. The molecule has 1 fully saturated rings. The third-order valence-corrected chi connectivity index (χ3v) is 3.81. The van der Waals surface area contributed by atoms with Crippen LogP contribution in [0.25, 0.3) is 0 Å². The summed E-state index contributed by atoms with van der Waals surface area (Å²) < 4.78 is 5.80. The minimum absolute atomic E-state index is 0.231. The molecule has 1 aliphatic rings. The summed E-state index contributed by atoms with van der Waals surface area (Å²) in [6, 6.07) is 10.9. The van der Waals surface area contributed by atoms with Gasteiger partial charge < -0.3 is 25.2 Å². The average molecular weight is 341 g/mol. The molecule has 0 amide bonds. The summed E-state index contributed by atoms with van der Waals surface area (Å²) in [4.78, 5) is 21.9. The molecular formula is C16H23NO7. The fourth-order valence-corrected chi connectivity index (χ4v) is 2.19. The molecule has 24 heavy (non-hydrogen) atoms. The van der Waals surface area contributed by atoms with Crippen molar-refractivity contribution in [2.75, 3.05) is 20.2 Å². The lowest BCUT2D eigenvalue weighted by molar-refractivity contribution is -0.165. The molecule has 2 rings (SSSR count). The number of aliphatic hydroxyl groups is 2. The molecule has 0 aromatic heterocycles. The van der Waals surface area contributed by atoms with E-state index in [9.17, 15) is 9.59 Å². The zero-order valence-corrected chi connectivity index (χ0v) is 13.6. The van der Waals surface area contributed by atoms with E-state index in [1.165, 1.54) is 5.56 Å². The first kappa shape index (κ1) is 20.0. The van der Waals surface area contributed by atoms with Gasteiger partial charge in [-0.25, -0.2) is 9.59 Å². The second kappa shape index (κ2) is 9.33.